The summed E-state index contributed by atoms with van der Waals surface area (Å²) >= 11 is 0. The van der Waals surface area contributed by atoms with Crippen LogP contribution in [0, 0.1) is 17.7 Å². The Labute approximate surface area is 242 Å². The van der Waals surface area contributed by atoms with Gasteiger partial charge in [0, 0.05) is 18.8 Å². The van der Waals surface area contributed by atoms with Gasteiger partial charge in [-0.1, -0.05) is 57.2 Å². The molecule has 0 aromatic heterocycles. The van der Waals surface area contributed by atoms with Gasteiger partial charge in [0.25, 0.3) is 0 Å². The molecule has 1 aliphatic heterocycles. The Morgan fingerprint density at radius 2 is 1.62 bits per heavy atom. The van der Waals surface area contributed by atoms with Crippen molar-refractivity contribution in [2.75, 3.05) is 31.6 Å². The molecule has 0 radical (unpaired) electrons. The number of carbonyl (C=O) groups is 1. The second-order valence-electron chi connectivity index (χ2n) is 13.5. The van der Waals surface area contributed by atoms with Crippen LogP contribution in [-0.2, 0) is 15.8 Å². The van der Waals surface area contributed by atoms with Gasteiger partial charge in [0.05, 0.1) is 0 Å². The zero-order valence-electron chi connectivity index (χ0n) is 25.2. The van der Waals surface area contributed by atoms with Crippen LogP contribution in [0.25, 0.3) is 0 Å². The number of hydrogen-bond donors (Lipinski definition) is 1. The zero-order valence-corrected chi connectivity index (χ0v) is 26.2. The van der Waals surface area contributed by atoms with Gasteiger partial charge in [-0.05, 0) is 111 Å². The molecule has 2 aromatic rings. The SMILES string of the molecule is CC(C)(C)[Si](C)(C)OC[C@H]1CC[C@H](CN2CCC(c3ccc(NC(=O)OCc4ccccc4)cc3F)CC2)CC1. The molecule has 1 saturated carbocycles. The summed E-state index contributed by atoms with van der Waals surface area (Å²) < 4.78 is 26.8. The monoisotopic (exact) mass is 568 g/mol. The standard InChI is InChI=1S/C33H49FN2O3Si/c1-33(2,3)40(4,5)39-24-27-13-11-25(12-14-27)22-36-19-17-28(18-20-36)30-16-15-29(21-31(30)34)35-32(37)38-23-26-9-7-6-8-10-26/h6-10,15-16,21,25,27-28H,11-14,17-20,22-24H2,1-5H3,(H,35,37)/t25-,27-. The molecule has 2 aliphatic rings. The fraction of sp³-hybridized carbons (Fsp3) is 0.606. The quantitative estimate of drug-likeness (QED) is 0.308. The van der Waals surface area contributed by atoms with E-state index >= 15 is 4.39 Å². The number of benzene rings is 2. The minimum absolute atomic E-state index is 0.179. The van der Waals surface area contributed by atoms with Crippen molar-refractivity contribution in [2.45, 2.75) is 90.0 Å². The van der Waals surface area contributed by atoms with Crippen molar-refractivity contribution in [3.05, 3.63) is 65.5 Å². The Balaban J connectivity index is 1.16. The molecule has 1 saturated heterocycles. The normalized spacial score (nSPS) is 21.2. The summed E-state index contributed by atoms with van der Waals surface area (Å²) in [4.78, 5) is 14.7. The number of rotatable bonds is 9. The minimum Gasteiger partial charge on any atom is -0.444 e. The first-order chi connectivity index (χ1) is 19.0. The predicted octanol–water partition coefficient (Wildman–Crippen LogP) is 8.58. The van der Waals surface area contributed by atoms with E-state index in [4.69, 9.17) is 9.16 Å². The fourth-order valence-corrected chi connectivity index (χ4v) is 6.81. The van der Waals surface area contributed by atoms with Crippen molar-refractivity contribution in [1.82, 2.24) is 4.90 Å². The minimum atomic E-state index is -1.66. The van der Waals surface area contributed by atoms with Crippen molar-refractivity contribution in [3.63, 3.8) is 0 Å². The maximum Gasteiger partial charge on any atom is 0.411 e. The lowest BCUT2D eigenvalue weighted by molar-refractivity contribution is 0.129. The van der Waals surface area contributed by atoms with E-state index in [9.17, 15) is 4.79 Å². The summed E-state index contributed by atoms with van der Waals surface area (Å²) in [6.45, 7) is 16.0. The molecule has 1 N–H and O–H groups in total. The summed E-state index contributed by atoms with van der Waals surface area (Å²) in [5, 5.41) is 2.92. The number of nitrogens with one attached hydrogen (secondary N) is 1. The lowest BCUT2D eigenvalue weighted by Gasteiger charge is -2.39. The number of piperidine rings is 1. The highest BCUT2D eigenvalue weighted by Gasteiger charge is 2.38. The highest BCUT2D eigenvalue weighted by atomic mass is 28.4. The second kappa shape index (κ2) is 13.6. The Morgan fingerprint density at radius 3 is 2.25 bits per heavy atom. The van der Waals surface area contributed by atoms with Gasteiger partial charge in [-0.3, -0.25) is 5.32 Å². The average Bonchev–Trinajstić information content (AvgIpc) is 2.92. The lowest BCUT2D eigenvalue weighted by atomic mass is 9.81. The van der Waals surface area contributed by atoms with Crippen molar-refractivity contribution in [1.29, 1.82) is 0 Å². The molecule has 1 heterocycles. The topological polar surface area (TPSA) is 50.8 Å². The maximum atomic E-state index is 15.0. The van der Waals surface area contributed by atoms with Crippen LogP contribution in [0.3, 0.4) is 0 Å². The largest absolute Gasteiger partial charge is 0.444 e. The summed E-state index contributed by atoms with van der Waals surface area (Å²) in [5.41, 5.74) is 2.08. The van der Waals surface area contributed by atoms with E-state index in [1.807, 2.05) is 36.4 Å². The number of hydrogen-bond acceptors (Lipinski definition) is 4. The number of anilines is 1. The third-order valence-electron chi connectivity index (χ3n) is 9.46. The van der Waals surface area contributed by atoms with Crippen LogP contribution in [0.4, 0.5) is 14.9 Å². The van der Waals surface area contributed by atoms with E-state index in [0.717, 1.165) is 49.6 Å². The third-order valence-corrected chi connectivity index (χ3v) is 14.0. The smallest absolute Gasteiger partial charge is 0.411 e. The number of amides is 1. The Hall–Kier alpha value is -2.22. The van der Waals surface area contributed by atoms with Gasteiger partial charge in [0.15, 0.2) is 8.32 Å². The summed E-state index contributed by atoms with van der Waals surface area (Å²) in [6, 6.07) is 14.5. The molecule has 1 amide bonds. The van der Waals surface area contributed by atoms with E-state index in [0.29, 0.717) is 11.6 Å². The number of ether oxygens (including phenoxy) is 1. The molecule has 0 bridgehead atoms. The van der Waals surface area contributed by atoms with E-state index in [1.165, 1.54) is 38.3 Å². The summed E-state index contributed by atoms with van der Waals surface area (Å²) in [6.07, 6.45) is 6.51. The molecular weight excluding hydrogens is 519 g/mol. The molecule has 2 fully saturated rings. The Bertz CT molecular complexity index is 1090. The molecule has 1 aliphatic carbocycles. The van der Waals surface area contributed by atoms with E-state index in [1.54, 1.807) is 6.07 Å². The number of nitrogens with zero attached hydrogens (tertiary/aromatic N) is 1. The molecular formula is C33H49FN2O3Si. The number of carbonyl (C=O) groups excluding carboxylic acids is 1. The van der Waals surface area contributed by atoms with Crippen LogP contribution in [0.5, 0.6) is 0 Å². The van der Waals surface area contributed by atoms with E-state index in [-0.39, 0.29) is 23.4 Å². The van der Waals surface area contributed by atoms with Crippen LogP contribution in [0.2, 0.25) is 18.1 Å². The number of likely N-dealkylation sites (tertiary alicyclic amines) is 1. The van der Waals surface area contributed by atoms with Gasteiger partial charge in [-0.15, -0.1) is 0 Å². The zero-order chi connectivity index (χ0) is 28.8. The second-order valence-corrected chi connectivity index (χ2v) is 18.3. The van der Waals surface area contributed by atoms with Gasteiger partial charge in [0.1, 0.15) is 12.4 Å². The Kier molecular flexibility index (Phi) is 10.5. The summed E-state index contributed by atoms with van der Waals surface area (Å²) in [7, 11) is -1.66. The van der Waals surface area contributed by atoms with Gasteiger partial charge in [-0.2, -0.15) is 0 Å². The first kappa shape index (κ1) is 30.7. The molecule has 0 spiro atoms. The fourth-order valence-electron chi connectivity index (χ4n) is 5.73. The maximum absolute atomic E-state index is 15.0. The highest BCUT2D eigenvalue weighted by molar-refractivity contribution is 6.74. The van der Waals surface area contributed by atoms with E-state index < -0.39 is 14.4 Å². The van der Waals surface area contributed by atoms with Gasteiger partial charge in [0.2, 0.25) is 0 Å². The van der Waals surface area contributed by atoms with Crippen molar-refractivity contribution >= 4 is 20.1 Å². The van der Waals surface area contributed by atoms with Crippen LogP contribution in [0.15, 0.2) is 48.5 Å². The molecule has 7 heteroatoms. The molecule has 5 nitrogen and oxygen atoms in total. The molecule has 40 heavy (non-hydrogen) atoms. The van der Waals surface area contributed by atoms with Crippen molar-refractivity contribution in [3.8, 4) is 0 Å². The first-order valence-corrected chi connectivity index (χ1v) is 18.0. The van der Waals surface area contributed by atoms with Crippen LogP contribution < -0.4 is 5.32 Å². The van der Waals surface area contributed by atoms with Gasteiger partial charge >= 0.3 is 6.09 Å². The van der Waals surface area contributed by atoms with Crippen molar-refractivity contribution in [2.24, 2.45) is 11.8 Å². The predicted molar refractivity (Wildman–Crippen MR) is 164 cm³/mol. The highest BCUT2D eigenvalue weighted by Crippen LogP contribution is 2.38. The third kappa shape index (κ3) is 8.64. The lowest BCUT2D eigenvalue weighted by Crippen LogP contribution is -2.42. The van der Waals surface area contributed by atoms with Crippen LogP contribution in [-0.4, -0.2) is 45.6 Å². The average molecular weight is 569 g/mol. The van der Waals surface area contributed by atoms with Crippen molar-refractivity contribution < 1.29 is 18.3 Å². The van der Waals surface area contributed by atoms with Crippen LogP contribution in [0.1, 0.15) is 76.3 Å². The molecule has 0 unspecified atom stereocenters. The molecule has 2 aromatic carbocycles. The molecule has 0 atom stereocenters. The number of halogens is 1. The Morgan fingerprint density at radius 1 is 0.975 bits per heavy atom. The first-order valence-electron chi connectivity index (χ1n) is 15.1. The molecule has 4 rings (SSSR count). The summed E-state index contributed by atoms with van der Waals surface area (Å²) in [5.74, 6) is 1.45. The van der Waals surface area contributed by atoms with Crippen LogP contribution >= 0.6 is 0 Å². The molecule has 220 valence electrons. The van der Waals surface area contributed by atoms with Gasteiger partial charge < -0.3 is 14.1 Å². The van der Waals surface area contributed by atoms with E-state index in [2.05, 4.69) is 44.1 Å². The van der Waals surface area contributed by atoms with Gasteiger partial charge in [-0.25, -0.2) is 9.18 Å².